The van der Waals surface area contributed by atoms with Crippen molar-refractivity contribution in [2.24, 2.45) is 11.8 Å². The summed E-state index contributed by atoms with van der Waals surface area (Å²) < 4.78 is 13.8. The van der Waals surface area contributed by atoms with E-state index in [0.29, 0.717) is 37.5 Å². The summed E-state index contributed by atoms with van der Waals surface area (Å²) in [6.07, 6.45) is 6.73. The van der Waals surface area contributed by atoms with Gasteiger partial charge in [-0.15, -0.1) is 0 Å². The monoisotopic (exact) mass is 500 g/mol. The van der Waals surface area contributed by atoms with Crippen molar-refractivity contribution in [3.05, 3.63) is 0 Å². The van der Waals surface area contributed by atoms with Crippen molar-refractivity contribution in [1.82, 2.24) is 31.5 Å². The Morgan fingerprint density at radius 3 is 1.60 bits per heavy atom. The number of nitrogens with zero attached hydrogens (tertiary/aromatic N) is 1. The molecule has 0 aliphatic carbocycles. The van der Waals surface area contributed by atoms with Crippen LogP contribution in [0.3, 0.4) is 0 Å². The van der Waals surface area contributed by atoms with Gasteiger partial charge in [0.2, 0.25) is 0 Å². The van der Waals surface area contributed by atoms with Gasteiger partial charge in [0.25, 0.3) is 0 Å². The molecule has 6 nitrogen and oxygen atoms in total. The molecule has 5 N–H and O–H groups in total. The Balaban J connectivity index is 0.000000263. The number of nitrogens with one attached hydrogen (secondary N) is 5. The zero-order valence-corrected chi connectivity index (χ0v) is 24.3. The largest absolute Gasteiger partial charge is 0.317 e. The van der Waals surface area contributed by atoms with E-state index in [1.165, 1.54) is 65.0 Å². The van der Waals surface area contributed by atoms with Gasteiger partial charge in [-0.3, -0.25) is 0 Å². The van der Waals surface area contributed by atoms with Crippen LogP contribution in [-0.4, -0.2) is 94.6 Å². The Bertz CT molecular complexity index is 482. The van der Waals surface area contributed by atoms with Crippen molar-refractivity contribution < 1.29 is 4.39 Å². The molecular weight excluding hydrogens is 439 g/mol. The van der Waals surface area contributed by atoms with Crippen LogP contribution in [0.25, 0.3) is 0 Å². The molecule has 0 bridgehead atoms. The molecule has 0 spiro atoms. The molecule has 3 aliphatic heterocycles. The summed E-state index contributed by atoms with van der Waals surface area (Å²) >= 11 is 0. The second-order valence-electron chi connectivity index (χ2n) is 12.0. The molecule has 0 atom stereocenters. The predicted octanol–water partition coefficient (Wildman–Crippen LogP) is 3.39. The Kier molecular flexibility index (Phi) is 17.6. The molecule has 210 valence electrons. The fraction of sp³-hybridized carbons (Fsp3) is 1.00. The molecule has 3 rings (SSSR count). The van der Waals surface area contributed by atoms with Crippen LogP contribution in [0.5, 0.6) is 0 Å². The summed E-state index contributed by atoms with van der Waals surface area (Å²) in [5, 5.41) is 16.7. The van der Waals surface area contributed by atoms with Gasteiger partial charge in [-0.2, -0.15) is 0 Å². The summed E-state index contributed by atoms with van der Waals surface area (Å²) in [5.41, 5.74) is -0.963. The number of halogens is 1. The topological polar surface area (TPSA) is 63.4 Å². The van der Waals surface area contributed by atoms with Gasteiger partial charge in [-0.1, -0.05) is 41.5 Å². The van der Waals surface area contributed by atoms with E-state index in [4.69, 9.17) is 0 Å². The Morgan fingerprint density at radius 2 is 1.14 bits per heavy atom. The molecule has 0 aromatic rings. The van der Waals surface area contributed by atoms with Gasteiger partial charge in [0.15, 0.2) is 0 Å². The van der Waals surface area contributed by atoms with Gasteiger partial charge in [0.1, 0.15) is 5.67 Å². The summed E-state index contributed by atoms with van der Waals surface area (Å²) in [6, 6.07) is 1.67. The van der Waals surface area contributed by atoms with Crippen LogP contribution < -0.4 is 26.6 Å². The maximum Gasteiger partial charge on any atom is 0.125 e. The van der Waals surface area contributed by atoms with E-state index >= 15 is 0 Å². The molecule has 0 radical (unpaired) electrons. The highest BCUT2D eigenvalue weighted by Gasteiger charge is 2.31. The molecule has 0 unspecified atom stereocenters. The zero-order chi connectivity index (χ0) is 26.1. The SMILES string of the molecule is CC(C)NCC1(F)CCNCC1.CC(C)NCC1CCN(C)CC1.CC(C)NCC1CCNCC1. The Labute approximate surface area is 217 Å². The fourth-order valence-electron chi connectivity index (χ4n) is 4.60. The van der Waals surface area contributed by atoms with E-state index in [0.717, 1.165) is 24.9 Å². The molecule has 0 amide bonds. The van der Waals surface area contributed by atoms with Gasteiger partial charge < -0.3 is 31.5 Å². The first kappa shape index (κ1) is 32.7. The van der Waals surface area contributed by atoms with E-state index in [-0.39, 0.29) is 0 Å². The van der Waals surface area contributed by atoms with E-state index in [2.05, 4.69) is 66.2 Å². The standard InChI is InChI=1S/C10H22N2.C9H19FN2.C9H20N2/c1-9(2)11-8-10-4-6-12(3)7-5-10;1-8(2)12-7-9(10)3-5-11-6-4-9;1-8(2)11-7-9-3-5-10-6-4-9/h9-11H,4-8H2,1-3H3;8,11-12H,3-7H2,1-2H3;8-11H,3-7H2,1-2H3. The van der Waals surface area contributed by atoms with E-state index in [1.807, 2.05) is 13.8 Å². The van der Waals surface area contributed by atoms with Crippen molar-refractivity contribution in [3.63, 3.8) is 0 Å². The van der Waals surface area contributed by atoms with Crippen molar-refractivity contribution in [2.45, 2.75) is 104 Å². The normalized spacial score (nSPS) is 22.0. The third kappa shape index (κ3) is 17.7. The first-order valence-corrected chi connectivity index (χ1v) is 14.6. The smallest absolute Gasteiger partial charge is 0.125 e. The summed E-state index contributed by atoms with van der Waals surface area (Å²) in [4.78, 5) is 2.42. The molecule has 0 aromatic carbocycles. The third-order valence-corrected chi connectivity index (χ3v) is 7.25. The Morgan fingerprint density at radius 1 is 0.714 bits per heavy atom. The molecule has 7 heteroatoms. The van der Waals surface area contributed by atoms with Crippen molar-refractivity contribution >= 4 is 0 Å². The van der Waals surface area contributed by atoms with Crippen LogP contribution in [0.15, 0.2) is 0 Å². The van der Waals surface area contributed by atoms with Crippen LogP contribution in [0.2, 0.25) is 0 Å². The van der Waals surface area contributed by atoms with Gasteiger partial charge in [-0.05, 0) is 110 Å². The quantitative estimate of drug-likeness (QED) is 0.335. The minimum absolute atomic E-state index is 0.382. The lowest BCUT2D eigenvalue weighted by atomic mass is 9.94. The highest BCUT2D eigenvalue weighted by atomic mass is 19.1. The Hall–Kier alpha value is -0.310. The minimum atomic E-state index is -0.963. The first-order chi connectivity index (χ1) is 16.6. The molecule has 3 heterocycles. The van der Waals surface area contributed by atoms with Gasteiger partial charge >= 0.3 is 0 Å². The lowest BCUT2D eigenvalue weighted by molar-refractivity contribution is 0.111. The van der Waals surface area contributed by atoms with Gasteiger partial charge in [0, 0.05) is 24.7 Å². The van der Waals surface area contributed by atoms with Crippen LogP contribution in [0, 0.1) is 11.8 Å². The number of likely N-dealkylation sites (tertiary alicyclic amines) is 1. The molecule has 0 aromatic heterocycles. The van der Waals surface area contributed by atoms with Crippen LogP contribution in [0.4, 0.5) is 4.39 Å². The maximum absolute atomic E-state index is 13.8. The van der Waals surface area contributed by atoms with Crippen molar-refractivity contribution in [1.29, 1.82) is 0 Å². The van der Waals surface area contributed by atoms with Crippen LogP contribution in [-0.2, 0) is 0 Å². The molecule has 0 saturated carbocycles. The molecule has 3 aliphatic rings. The van der Waals surface area contributed by atoms with Crippen LogP contribution in [0.1, 0.15) is 80.1 Å². The summed E-state index contributed by atoms with van der Waals surface area (Å²) in [6.45, 7) is 22.5. The molecule has 35 heavy (non-hydrogen) atoms. The zero-order valence-electron chi connectivity index (χ0n) is 24.3. The fourth-order valence-corrected chi connectivity index (χ4v) is 4.60. The number of rotatable bonds is 9. The van der Waals surface area contributed by atoms with E-state index in [9.17, 15) is 4.39 Å². The highest BCUT2D eigenvalue weighted by molar-refractivity contribution is 4.87. The molecule has 3 saturated heterocycles. The second kappa shape index (κ2) is 18.9. The summed E-state index contributed by atoms with van der Waals surface area (Å²) in [7, 11) is 2.21. The lowest BCUT2D eigenvalue weighted by Crippen LogP contribution is -2.46. The number of hydrogen-bond acceptors (Lipinski definition) is 6. The minimum Gasteiger partial charge on any atom is -0.317 e. The lowest BCUT2D eigenvalue weighted by Gasteiger charge is -2.30. The third-order valence-electron chi connectivity index (χ3n) is 7.25. The molecule has 3 fully saturated rings. The average molecular weight is 501 g/mol. The summed E-state index contributed by atoms with van der Waals surface area (Å²) in [5.74, 6) is 1.84. The van der Waals surface area contributed by atoms with Gasteiger partial charge in [-0.25, -0.2) is 4.39 Å². The van der Waals surface area contributed by atoms with Gasteiger partial charge in [0.05, 0.1) is 0 Å². The maximum atomic E-state index is 13.8. The van der Waals surface area contributed by atoms with Crippen molar-refractivity contribution in [3.8, 4) is 0 Å². The highest BCUT2D eigenvalue weighted by Crippen LogP contribution is 2.22. The average Bonchev–Trinajstić information content (AvgIpc) is 2.83. The van der Waals surface area contributed by atoms with E-state index < -0.39 is 5.67 Å². The molecular formula is C28H61FN6. The number of piperidine rings is 3. The second-order valence-corrected chi connectivity index (χ2v) is 12.0. The number of alkyl halides is 1. The predicted molar refractivity (Wildman–Crippen MR) is 151 cm³/mol. The van der Waals surface area contributed by atoms with Crippen molar-refractivity contribution in [2.75, 3.05) is 66.0 Å². The van der Waals surface area contributed by atoms with Crippen LogP contribution >= 0.6 is 0 Å². The number of hydrogen-bond donors (Lipinski definition) is 5. The first-order valence-electron chi connectivity index (χ1n) is 14.6. The van der Waals surface area contributed by atoms with E-state index in [1.54, 1.807) is 0 Å².